The second-order valence-corrected chi connectivity index (χ2v) is 4.55. The van der Waals surface area contributed by atoms with Crippen molar-refractivity contribution in [3.05, 3.63) is 12.2 Å². The maximum atomic E-state index is 2.56. The van der Waals surface area contributed by atoms with E-state index in [4.69, 9.17) is 0 Å². The summed E-state index contributed by atoms with van der Waals surface area (Å²) in [4.78, 5) is 2.56. The molecule has 0 aliphatic rings. The van der Waals surface area contributed by atoms with E-state index in [-0.39, 0.29) is 0 Å². The standard InChI is InChI=1S/C14H29N/c1-5-8-12-15(11-7-3)13-10-14(4)9-6-2/h5,8,14H,6-7,9-13H2,1-4H3/b8-5+. The van der Waals surface area contributed by atoms with Gasteiger partial charge in [-0.05, 0) is 38.8 Å². The molecular formula is C14H29N. The molecule has 1 heteroatoms. The molecule has 0 aromatic carbocycles. The van der Waals surface area contributed by atoms with Gasteiger partial charge in [0.1, 0.15) is 0 Å². The van der Waals surface area contributed by atoms with Gasteiger partial charge in [0.2, 0.25) is 0 Å². The van der Waals surface area contributed by atoms with Crippen LogP contribution in [0.5, 0.6) is 0 Å². The average molecular weight is 211 g/mol. The average Bonchev–Trinajstić information content (AvgIpc) is 2.22. The van der Waals surface area contributed by atoms with Crippen LogP contribution in [0.2, 0.25) is 0 Å². The van der Waals surface area contributed by atoms with Crippen molar-refractivity contribution in [1.29, 1.82) is 0 Å². The maximum Gasteiger partial charge on any atom is 0.0163 e. The molecule has 1 unspecified atom stereocenters. The van der Waals surface area contributed by atoms with Gasteiger partial charge in [0.05, 0.1) is 0 Å². The van der Waals surface area contributed by atoms with Crippen molar-refractivity contribution < 1.29 is 0 Å². The summed E-state index contributed by atoms with van der Waals surface area (Å²) in [5, 5.41) is 0. The molecule has 1 nitrogen and oxygen atoms in total. The van der Waals surface area contributed by atoms with E-state index in [0.29, 0.717) is 0 Å². The lowest BCUT2D eigenvalue weighted by molar-refractivity contribution is 0.275. The zero-order valence-electron chi connectivity index (χ0n) is 11.1. The second-order valence-electron chi connectivity index (χ2n) is 4.55. The Kier molecular flexibility index (Phi) is 10.0. The molecule has 15 heavy (non-hydrogen) atoms. The number of nitrogens with zero attached hydrogens (tertiary/aromatic N) is 1. The lowest BCUT2D eigenvalue weighted by Gasteiger charge is -2.21. The number of hydrogen-bond donors (Lipinski definition) is 0. The van der Waals surface area contributed by atoms with Crippen LogP contribution in [0.3, 0.4) is 0 Å². The molecular weight excluding hydrogens is 182 g/mol. The molecule has 0 aromatic heterocycles. The third-order valence-electron chi connectivity index (χ3n) is 2.86. The van der Waals surface area contributed by atoms with Crippen LogP contribution in [0, 0.1) is 5.92 Å². The Morgan fingerprint density at radius 2 is 1.80 bits per heavy atom. The Hall–Kier alpha value is -0.300. The van der Waals surface area contributed by atoms with E-state index in [1.807, 2.05) is 0 Å². The Labute approximate surface area is 96.6 Å². The van der Waals surface area contributed by atoms with Crippen LogP contribution in [0.1, 0.15) is 53.4 Å². The summed E-state index contributed by atoms with van der Waals surface area (Å²) >= 11 is 0. The van der Waals surface area contributed by atoms with Crippen molar-refractivity contribution in [2.45, 2.75) is 53.4 Å². The van der Waals surface area contributed by atoms with E-state index in [9.17, 15) is 0 Å². The third kappa shape index (κ3) is 8.68. The lowest BCUT2D eigenvalue weighted by atomic mass is 10.0. The van der Waals surface area contributed by atoms with Gasteiger partial charge in [-0.2, -0.15) is 0 Å². The quantitative estimate of drug-likeness (QED) is 0.519. The minimum absolute atomic E-state index is 0.889. The predicted molar refractivity (Wildman–Crippen MR) is 70.2 cm³/mol. The highest BCUT2D eigenvalue weighted by Gasteiger charge is 2.05. The molecule has 0 aromatic rings. The second kappa shape index (κ2) is 10.2. The van der Waals surface area contributed by atoms with Gasteiger partial charge >= 0.3 is 0 Å². The smallest absolute Gasteiger partial charge is 0.0163 e. The molecule has 0 amide bonds. The van der Waals surface area contributed by atoms with Crippen LogP contribution in [0.15, 0.2) is 12.2 Å². The van der Waals surface area contributed by atoms with Crippen molar-refractivity contribution in [3.8, 4) is 0 Å². The first kappa shape index (κ1) is 14.7. The van der Waals surface area contributed by atoms with Gasteiger partial charge in [-0.25, -0.2) is 0 Å². The van der Waals surface area contributed by atoms with Gasteiger partial charge in [-0.3, -0.25) is 4.90 Å². The topological polar surface area (TPSA) is 3.24 Å². The van der Waals surface area contributed by atoms with Crippen LogP contribution in [0.4, 0.5) is 0 Å². The summed E-state index contributed by atoms with van der Waals surface area (Å²) in [7, 11) is 0. The van der Waals surface area contributed by atoms with E-state index in [2.05, 4.69) is 44.7 Å². The number of rotatable bonds is 9. The zero-order chi connectivity index (χ0) is 11.5. The molecule has 0 radical (unpaired) electrons. The molecule has 0 bridgehead atoms. The van der Waals surface area contributed by atoms with E-state index in [1.54, 1.807) is 0 Å². The largest absolute Gasteiger partial charge is 0.300 e. The van der Waals surface area contributed by atoms with Crippen LogP contribution in [-0.2, 0) is 0 Å². The van der Waals surface area contributed by atoms with E-state index in [1.165, 1.54) is 38.8 Å². The fourth-order valence-corrected chi connectivity index (χ4v) is 1.91. The molecule has 0 N–H and O–H groups in total. The highest BCUT2D eigenvalue weighted by Crippen LogP contribution is 2.10. The van der Waals surface area contributed by atoms with Gasteiger partial charge in [0.25, 0.3) is 0 Å². The normalized spacial score (nSPS) is 13.9. The molecule has 0 spiro atoms. The third-order valence-corrected chi connectivity index (χ3v) is 2.86. The molecule has 0 rings (SSSR count). The van der Waals surface area contributed by atoms with Crippen LogP contribution < -0.4 is 0 Å². The van der Waals surface area contributed by atoms with Crippen molar-refractivity contribution >= 4 is 0 Å². The fraction of sp³-hybridized carbons (Fsp3) is 0.857. The predicted octanol–water partition coefficient (Wildman–Crippen LogP) is 4.10. The van der Waals surface area contributed by atoms with Gasteiger partial charge in [0, 0.05) is 6.54 Å². The van der Waals surface area contributed by atoms with Crippen molar-refractivity contribution in [3.63, 3.8) is 0 Å². The molecule has 0 saturated heterocycles. The summed E-state index contributed by atoms with van der Waals surface area (Å²) in [5.41, 5.74) is 0. The first-order valence-corrected chi connectivity index (χ1v) is 6.58. The molecule has 1 atom stereocenters. The summed E-state index contributed by atoms with van der Waals surface area (Å²) in [6.45, 7) is 12.6. The van der Waals surface area contributed by atoms with Crippen molar-refractivity contribution in [2.75, 3.05) is 19.6 Å². The molecule has 0 saturated carbocycles. The monoisotopic (exact) mass is 211 g/mol. The SMILES string of the molecule is C/C=C/CN(CCC)CCC(C)CCC. The highest BCUT2D eigenvalue weighted by atomic mass is 15.1. The van der Waals surface area contributed by atoms with Gasteiger partial charge < -0.3 is 0 Å². The van der Waals surface area contributed by atoms with Crippen LogP contribution >= 0.6 is 0 Å². The molecule has 90 valence electrons. The fourth-order valence-electron chi connectivity index (χ4n) is 1.91. The first-order valence-electron chi connectivity index (χ1n) is 6.58. The summed E-state index contributed by atoms with van der Waals surface area (Å²) in [6, 6.07) is 0. The van der Waals surface area contributed by atoms with E-state index < -0.39 is 0 Å². The lowest BCUT2D eigenvalue weighted by Crippen LogP contribution is -2.27. The Bertz CT molecular complexity index is 151. The molecule has 0 aliphatic heterocycles. The maximum absolute atomic E-state index is 2.56. The van der Waals surface area contributed by atoms with Crippen LogP contribution in [-0.4, -0.2) is 24.5 Å². The number of allylic oxidation sites excluding steroid dienone is 1. The minimum Gasteiger partial charge on any atom is -0.300 e. The first-order chi connectivity index (χ1) is 7.24. The number of hydrogen-bond acceptors (Lipinski definition) is 1. The van der Waals surface area contributed by atoms with Crippen molar-refractivity contribution in [1.82, 2.24) is 4.90 Å². The van der Waals surface area contributed by atoms with E-state index in [0.717, 1.165) is 12.5 Å². The Morgan fingerprint density at radius 1 is 1.07 bits per heavy atom. The molecule has 0 aliphatic carbocycles. The Morgan fingerprint density at radius 3 is 2.33 bits per heavy atom. The summed E-state index contributed by atoms with van der Waals surface area (Å²) in [6.07, 6.45) is 9.73. The van der Waals surface area contributed by atoms with Crippen LogP contribution in [0.25, 0.3) is 0 Å². The molecule has 0 fully saturated rings. The Balaban J connectivity index is 3.73. The highest BCUT2D eigenvalue weighted by molar-refractivity contribution is 4.81. The minimum atomic E-state index is 0.889. The van der Waals surface area contributed by atoms with E-state index >= 15 is 0 Å². The summed E-state index contributed by atoms with van der Waals surface area (Å²) in [5.74, 6) is 0.889. The van der Waals surface area contributed by atoms with Crippen molar-refractivity contribution in [2.24, 2.45) is 5.92 Å². The van der Waals surface area contributed by atoms with Gasteiger partial charge in [-0.1, -0.05) is 45.8 Å². The molecule has 0 heterocycles. The zero-order valence-corrected chi connectivity index (χ0v) is 11.1. The summed E-state index contributed by atoms with van der Waals surface area (Å²) < 4.78 is 0. The van der Waals surface area contributed by atoms with Gasteiger partial charge in [-0.15, -0.1) is 0 Å². The van der Waals surface area contributed by atoms with Gasteiger partial charge in [0.15, 0.2) is 0 Å².